The zero-order valence-corrected chi connectivity index (χ0v) is 16.0. The smallest absolute Gasteiger partial charge is 0.223 e. The molecule has 0 aromatic carbocycles. The molecule has 0 atom stereocenters. The highest BCUT2D eigenvalue weighted by Gasteiger charge is 2.13. The van der Waals surface area contributed by atoms with E-state index >= 15 is 0 Å². The van der Waals surface area contributed by atoms with E-state index in [0.717, 1.165) is 34.1 Å². The van der Waals surface area contributed by atoms with Crippen LogP contribution in [0.15, 0.2) is 23.8 Å². The third-order valence-corrected chi connectivity index (χ3v) is 6.19. The summed E-state index contributed by atoms with van der Waals surface area (Å²) in [4.78, 5) is 8.59. The van der Waals surface area contributed by atoms with Gasteiger partial charge in [0.15, 0.2) is 0 Å². The van der Waals surface area contributed by atoms with E-state index in [1.165, 1.54) is 0 Å². The largest absolute Gasteiger partial charge is 0.360 e. The molecule has 0 fully saturated rings. The van der Waals surface area contributed by atoms with Crippen molar-refractivity contribution >= 4 is 41.2 Å². The Morgan fingerprint density at radius 1 is 1.30 bits per heavy atom. The Morgan fingerprint density at radius 3 is 2.91 bits per heavy atom. The van der Waals surface area contributed by atoms with Gasteiger partial charge in [-0.25, -0.2) is 14.6 Å². The lowest BCUT2D eigenvalue weighted by Crippen LogP contribution is -2.22. The van der Waals surface area contributed by atoms with E-state index in [1.807, 2.05) is 17.6 Å². The fraction of sp³-hybridized carbons (Fsp3) is 0.400. The van der Waals surface area contributed by atoms with Crippen LogP contribution in [-0.4, -0.2) is 34.4 Å². The molecule has 0 spiro atoms. The first kappa shape index (κ1) is 16.6. The minimum atomic E-state index is -1.06. The summed E-state index contributed by atoms with van der Waals surface area (Å²) in [6, 6.07) is 3.10. The molecule has 0 aliphatic carbocycles. The lowest BCUT2D eigenvalue weighted by atomic mass is 10.2. The maximum absolute atomic E-state index is 6.02. The van der Waals surface area contributed by atoms with Crippen molar-refractivity contribution in [1.29, 1.82) is 0 Å². The molecule has 0 aliphatic rings. The number of rotatable bonds is 6. The average molecular weight is 367 g/mol. The Labute approximate surface area is 145 Å². The first-order valence-corrected chi connectivity index (χ1v) is 12.4. The van der Waals surface area contributed by atoms with Gasteiger partial charge < -0.3 is 4.74 Å². The van der Waals surface area contributed by atoms with Crippen LogP contribution in [0, 0.1) is 0 Å². The number of aromatic nitrogens is 4. The molecule has 0 radical (unpaired) electrons. The molecule has 0 unspecified atom stereocenters. The van der Waals surface area contributed by atoms with Crippen LogP contribution >= 0.6 is 22.9 Å². The molecule has 3 aromatic heterocycles. The summed E-state index contributed by atoms with van der Waals surface area (Å²) in [5.74, 6) is 0. The molecule has 23 heavy (non-hydrogen) atoms. The number of hydrogen-bond donors (Lipinski definition) is 0. The molecular weight excluding hydrogens is 348 g/mol. The average Bonchev–Trinajstić information content (AvgIpc) is 3.10. The van der Waals surface area contributed by atoms with E-state index in [-0.39, 0.29) is 5.28 Å². The van der Waals surface area contributed by atoms with Gasteiger partial charge >= 0.3 is 0 Å². The van der Waals surface area contributed by atoms with E-state index < -0.39 is 8.07 Å². The second-order valence-corrected chi connectivity index (χ2v) is 13.5. The number of thiophene rings is 1. The van der Waals surface area contributed by atoms with Gasteiger partial charge in [-0.3, -0.25) is 0 Å². The van der Waals surface area contributed by atoms with E-state index in [1.54, 1.807) is 22.2 Å². The summed E-state index contributed by atoms with van der Waals surface area (Å²) in [7, 11) is -1.06. The molecule has 122 valence electrons. The number of fused-ring (bicyclic) bond motifs is 1. The van der Waals surface area contributed by atoms with Crippen molar-refractivity contribution in [3.05, 3.63) is 29.1 Å². The topological polar surface area (TPSA) is 52.8 Å². The van der Waals surface area contributed by atoms with Gasteiger partial charge in [0, 0.05) is 26.4 Å². The van der Waals surface area contributed by atoms with Crippen LogP contribution in [0.5, 0.6) is 0 Å². The van der Waals surface area contributed by atoms with Crippen LogP contribution in [0.2, 0.25) is 31.0 Å². The van der Waals surface area contributed by atoms with Gasteiger partial charge in [0.1, 0.15) is 6.73 Å². The Hall–Kier alpha value is -1.28. The standard InChI is InChI=1S/C15H19ClN4OSSi/c1-23(2,3)7-5-21-10-20-9-11(8-17-20)13-14-12(4-6-22-14)18-15(16)19-13/h4,6,8-9H,5,7,10H2,1-3H3. The van der Waals surface area contributed by atoms with E-state index in [0.29, 0.717) is 6.73 Å². The third kappa shape index (κ3) is 4.17. The van der Waals surface area contributed by atoms with Crippen molar-refractivity contribution in [2.24, 2.45) is 0 Å². The van der Waals surface area contributed by atoms with Gasteiger partial charge in [0.05, 0.1) is 22.1 Å². The molecule has 0 bridgehead atoms. The van der Waals surface area contributed by atoms with Gasteiger partial charge in [-0.15, -0.1) is 11.3 Å². The molecule has 0 saturated heterocycles. The van der Waals surface area contributed by atoms with Gasteiger partial charge in [-0.1, -0.05) is 19.6 Å². The molecule has 0 amide bonds. The number of ether oxygens (including phenoxy) is 1. The van der Waals surface area contributed by atoms with Crippen molar-refractivity contribution in [3.8, 4) is 11.3 Å². The maximum atomic E-state index is 6.02. The third-order valence-electron chi connectivity index (χ3n) is 3.40. The quantitative estimate of drug-likeness (QED) is 0.365. The monoisotopic (exact) mass is 366 g/mol. The zero-order valence-electron chi connectivity index (χ0n) is 13.4. The molecule has 0 N–H and O–H groups in total. The summed E-state index contributed by atoms with van der Waals surface area (Å²) in [5, 5.41) is 6.60. The maximum Gasteiger partial charge on any atom is 0.223 e. The Bertz CT molecular complexity index is 811. The minimum absolute atomic E-state index is 0.255. The summed E-state index contributed by atoms with van der Waals surface area (Å²) < 4.78 is 8.53. The van der Waals surface area contributed by atoms with Gasteiger partial charge in [0.25, 0.3) is 0 Å². The van der Waals surface area contributed by atoms with Gasteiger partial charge in [-0.05, 0) is 29.1 Å². The van der Waals surface area contributed by atoms with Crippen LogP contribution in [-0.2, 0) is 11.5 Å². The van der Waals surface area contributed by atoms with E-state index in [9.17, 15) is 0 Å². The normalized spacial score (nSPS) is 12.2. The Balaban J connectivity index is 1.72. The first-order chi connectivity index (χ1) is 10.9. The number of hydrogen-bond acceptors (Lipinski definition) is 5. The molecule has 3 heterocycles. The summed E-state index contributed by atoms with van der Waals surface area (Å²) in [6.07, 6.45) is 3.73. The van der Waals surface area contributed by atoms with Crippen molar-refractivity contribution in [1.82, 2.24) is 19.7 Å². The second-order valence-electron chi connectivity index (χ2n) is 6.59. The molecule has 0 aliphatic heterocycles. The molecular formula is C15H19ClN4OSSi. The van der Waals surface area contributed by atoms with Crippen molar-refractivity contribution in [2.45, 2.75) is 32.4 Å². The van der Waals surface area contributed by atoms with Crippen LogP contribution in [0.25, 0.3) is 21.5 Å². The molecule has 3 aromatic rings. The number of nitrogens with zero attached hydrogens (tertiary/aromatic N) is 4. The highest BCUT2D eigenvalue weighted by atomic mass is 35.5. The highest BCUT2D eigenvalue weighted by molar-refractivity contribution is 7.17. The summed E-state index contributed by atoms with van der Waals surface area (Å²) in [5.41, 5.74) is 2.61. The van der Waals surface area contributed by atoms with Gasteiger partial charge in [0.2, 0.25) is 5.28 Å². The second kappa shape index (κ2) is 6.68. The van der Waals surface area contributed by atoms with Crippen LogP contribution < -0.4 is 0 Å². The van der Waals surface area contributed by atoms with E-state index in [2.05, 4.69) is 34.7 Å². The summed E-state index contributed by atoms with van der Waals surface area (Å²) >= 11 is 7.62. The predicted molar refractivity (Wildman–Crippen MR) is 97.8 cm³/mol. The van der Waals surface area contributed by atoms with Crippen LogP contribution in [0.3, 0.4) is 0 Å². The summed E-state index contributed by atoms with van der Waals surface area (Å²) in [6.45, 7) is 8.25. The SMILES string of the molecule is C[Si](C)(C)CCOCn1cc(-c2nc(Cl)nc3ccsc23)cn1. The Kier molecular flexibility index (Phi) is 4.81. The first-order valence-electron chi connectivity index (χ1n) is 7.44. The highest BCUT2D eigenvalue weighted by Crippen LogP contribution is 2.30. The van der Waals surface area contributed by atoms with Crippen molar-refractivity contribution < 1.29 is 4.74 Å². The van der Waals surface area contributed by atoms with Crippen molar-refractivity contribution in [2.75, 3.05) is 6.61 Å². The molecule has 3 rings (SSSR count). The van der Waals surface area contributed by atoms with Crippen LogP contribution in [0.1, 0.15) is 0 Å². The fourth-order valence-electron chi connectivity index (χ4n) is 2.12. The number of halogens is 1. The lowest BCUT2D eigenvalue weighted by molar-refractivity contribution is 0.0786. The van der Waals surface area contributed by atoms with E-state index in [4.69, 9.17) is 16.3 Å². The molecule has 0 saturated carbocycles. The fourth-order valence-corrected chi connectivity index (χ4v) is 3.90. The van der Waals surface area contributed by atoms with Gasteiger partial charge in [-0.2, -0.15) is 5.10 Å². The zero-order chi connectivity index (χ0) is 16.4. The minimum Gasteiger partial charge on any atom is -0.360 e. The predicted octanol–water partition coefficient (Wildman–Crippen LogP) is 4.52. The van der Waals surface area contributed by atoms with Crippen molar-refractivity contribution in [3.63, 3.8) is 0 Å². The lowest BCUT2D eigenvalue weighted by Gasteiger charge is -2.15. The van der Waals surface area contributed by atoms with Crippen LogP contribution in [0.4, 0.5) is 0 Å². The molecule has 8 heteroatoms. The Morgan fingerprint density at radius 2 is 2.13 bits per heavy atom. The molecule has 5 nitrogen and oxygen atoms in total.